The van der Waals surface area contributed by atoms with Crippen molar-refractivity contribution in [1.29, 1.82) is 0 Å². The van der Waals surface area contributed by atoms with Gasteiger partial charge in [-0.2, -0.15) is 0 Å². The van der Waals surface area contributed by atoms with E-state index >= 15 is 0 Å². The number of pyridine rings is 1. The number of nitrogens with one attached hydrogen (secondary N) is 2. The zero-order valence-electron chi connectivity index (χ0n) is 22.5. The largest absolute Gasteiger partial charge is 0.396 e. The molecular formula is C26H46FN3O3S. The van der Waals surface area contributed by atoms with E-state index < -0.39 is 0 Å². The van der Waals surface area contributed by atoms with Crippen LogP contribution < -0.4 is 15.6 Å². The van der Waals surface area contributed by atoms with E-state index in [-0.39, 0.29) is 18.1 Å². The molecule has 0 radical (unpaired) electrons. The lowest BCUT2D eigenvalue weighted by Crippen LogP contribution is -2.24. The molecule has 0 saturated heterocycles. The van der Waals surface area contributed by atoms with Crippen molar-refractivity contribution in [3.05, 3.63) is 51.7 Å². The van der Waals surface area contributed by atoms with Gasteiger partial charge in [0.25, 0.3) is 5.56 Å². The Morgan fingerprint density at radius 2 is 1.74 bits per heavy atom. The molecule has 8 heteroatoms. The normalized spacial score (nSPS) is 9.50. The molecule has 34 heavy (non-hydrogen) atoms. The summed E-state index contributed by atoms with van der Waals surface area (Å²) in [4.78, 5) is 12.4. The summed E-state index contributed by atoms with van der Waals surface area (Å²) < 4.78 is 23.7. The van der Waals surface area contributed by atoms with Crippen LogP contribution in [0.15, 0.2) is 29.2 Å². The van der Waals surface area contributed by atoms with Crippen LogP contribution >= 0.6 is 11.9 Å². The van der Waals surface area contributed by atoms with Crippen molar-refractivity contribution >= 4 is 29.0 Å². The van der Waals surface area contributed by atoms with Crippen molar-refractivity contribution in [3.63, 3.8) is 0 Å². The van der Waals surface area contributed by atoms with Gasteiger partial charge in [-0.25, -0.2) is 4.39 Å². The first-order valence-corrected chi connectivity index (χ1v) is 13.3. The van der Waals surface area contributed by atoms with Gasteiger partial charge < -0.3 is 19.9 Å². The molecule has 196 valence electrons. The first-order chi connectivity index (χ1) is 16.4. The van der Waals surface area contributed by atoms with Crippen molar-refractivity contribution in [2.75, 3.05) is 30.0 Å². The number of aryl methyl sites for hydroxylation is 1. The second-order valence-corrected chi connectivity index (χ2v) is 7.55. The Kier molecular flexibility index (Phi) is 21.6. The lowest BCUT2D eigenvalue weighted by Gasteiger charge is -2.18. The quantitative estimate of drug-likeness (QED) is 0.236. The Morgan fingerprint density at radius 1 is 1.09 bits per heavy atom. The maximum absolute atomic E-state index is 14.1. The van der Waals surface area contributed by atoms with Crippen molar-refractivity contribution in [3.8, 4) is 0 Å². The van der Waals surface area contributed by atoms with Crippen molar-refractivity contribution < 1.29 is 14.2 Å². The van der Waals surface area contributed by atoms with E-state index in [2.05, 4.69) is 17.0 Å². The average molecular weight is 500 g/mol. The molecule has 0 amide bonds. The fourth-order valence-electron chi connectivity index (χ4n) is 2.78. The van der Waals surface area contributed by atoms with Gasteiger partial charge in [-0.15, -0.1) is 0 Å². The maximum Gasteiger partial charge on any atom is 0.257 e. The summed E-state index contributed by atoms with van der Waals surface area (Å²) in [5, 5.41) is 11.3. The van der Waals surface area contributed by atoms with Gasteiger partial charge in [-0.1, -0.05) is 71.9 Å². The molecule has 0 saturated carbocycles. The van der Waals surface area contributed by atoms with E-state index in [9.17, 15) is 9.18 Å². The van der Waals surface area contributed by atoms with Gasteiger partial charge in [0, 0.05) is 31.7 Å². The van der Waals surface area contributed by atoms with Crippen LogP contribution in [0.2, 0.25) is 0 Å². The van der Waals surface area contributed by atoms with Crippen LogP contribution in [-0.4, -0.2) is 29.6 Å². The molecule has 0 aliphatic carbocycles. The maximum atomic E-state index is 14.1. The molecule has 2 aromatic rings. The van der Waals surface area contributed by atoms with Crippen LogP contribution in [0.3, 0.4) is 0 Å². The number of halogens is 1. The number of benzene rings is 1. The van der Waals surface area contributed by atoms with Crippen molar-refractivity contribution in [2.24, 2.45) is 0 Å². The fourth-order valence-corrected chi connectivity index (χ4v) is 3.16. The van der Waals surface area contributed by atoms with Gasteiger partial charge in [-0.05, 0) is 38.0 Å². The summed E-state index contributed by atoms with van der Waals surface area (Å²) in [5.41, 5.74) is 2.70. The lowest BCUT2D eigenvalue weighted by atomic mass is 10.2. The Bertz CT molecular complexity index is 841. The minimum Gasteiger partial charge on any atom is -0.396 e. The summed E-state index contributed by atoms with van der Waals surface area (Å²) in [5.74, 6) is -0.361. The first-order valence-electron chi connectivity index (χ1n) is 12.1. The first kappa shape index (κ1) is 34.1. The molecule has 0 fully saturated rings. The molecule has 1 heterocycles. The van der Waals surface area contributed by atoms with E-state index in [1.54, 1.807) is 19.2 Å². The molecule has 0 spiro atoms. The van der Waals surface area contributed by atoms with Crippen LogP contribution in [-0.2, 0) is 11.5 Å². The van der Waals surface area contributed by atoms with Crippen LogP contribution in [0.5, 0.6) is 0 Å². The van der Waals surface area contributed by atoms with E-state index in [4.69, 9.17) is 9.84 Å². The van der Waals surface area contributed by atoms with Gasteiger partial charge in [0.1, 0.15) is 12.5 Å². The average Bonchev–Trinajstić information content (AvgIpc) is 2.85. The highest BCUT2D eigenvalue weighted by Gasteiger charge is 2.14. The molecule has 0 aliphatic heterocycles. The van der Waals surface area contributed by atoms with Crippen LogP contribution in [0, 0.1) is 19.7 Å². The minimum atomic E-state index is -0.361. The van der Waals surface area contributed by atoms with Gasteiger partial charge in [0.15, 0.2) is 0 Å². The number of rotatable bonds is 10. The smallest absolute Gasteiger partial charge is 0.257 e. The summed E-state index contributed by atoms with van der Waals surface area (Å²) in [6, 6.07) is 4.92. The number of hydrogen-bond acceptors (Lipinski definition) is 6. The summed E-state index contributed by atoms with van der Waals surface area (Å²) in [6.45, 7) is 14.2. The molecule has 0 bridgehead atoms. The van der Waals surface area contributed by atoms with Crippen LogP contribution in [0.25, 0.3) is 0 Å². The predicted molar refractivity (Wildman–Crippen MR) is 148 cm³/mol. The van der Waals surface area contributed by atoms with E-state index in [0.717, 1.165) is 12.0 Å². The number of anilines is 3. The zero-order valence-corrected chi connectivity index (χ0v) is 23.4. The second-order valence-electron chi connectivity index (χ2n) is 6.93. The molecule has 0 atom stereocenters. The number of aliphatic hydroxyl groups is 1. The van der Waals surface area contributed by atoms with Crippen molar-refractivity contribution in [2.45, 2.75) is 80.9 Å². The third-order valence-corrected chi connectivity index (χ3v) is 4.81. The summed E-state index contributed by atoms with van der Waals surface area (Å²) in [6.07, 6.45) is 8.21. The number of methoxy groups -OCH3 is 1. The SMILES string of the molecule is CC.CC.CCCCCCO.COCn1cc(NSC)c(Nc2ccc(C)cc2F)c(C)c1=O. The van der Waals surface area contributed by atoms with E-state index in [1.165, 1.54) is 49.0 Å². The molecule has 3 N–H and O–H groups in total. The number of aliphatic hydroxyl groups excluding tert-OH is 1. The van der Waals surface area contributed by atoms with Crippen LogP contribution in [0.4, 0.5) is 21.5 Å². The Labute approximate surface area is 210 Å². The number of nitrogens with zero attached hydrogens (tertiary/aromatic N) is 1. The zero-order chi connectivity index (χ0) is 26.5. The van der Waals surface area contributed by atoms with Gasteiger partial charge in [-0.3, -0.25) is 9.36 Å². The van der Waals surface area contributed by atoms with Gasteiger partial charge >= 0.3 is 0 Å². The molecule has 1 aromatic carbocycles. The molecule has 2 rings (SSSR count). The monoisotopic (exact) mass is 499 g/mol. The second kappa shape index (κ2) is 21.5. The predicted octanol–water partition coefficient (Wildman–Crippen LogP) is 7.25. The third-order valence-electron chi connectivity index (χ3n) is 4.39. The Hall–Kier alpha value is -2.03. The van der Waals surface area contributed by atoms with Gasteiger partial charge in [0.05, 0.1) is 17.1 Å². The molecule has 1 aromatic heterocycles. The van der Waals surface area contributed by atoms with E-state index in [0.29, 0.717) is 29.2 Å². The number of aromatic nitrogens is 1. The molecule has 6 nitrogen and oxygen atoms in total. The third kappa shape index (κ3) is 12.4. The molecule has 0 aliphatic rings. The number of unbranched alkanes of at least 4 members (excludes halogenated alkanes) is 3. The standard InChI is InChI=1S/C16H20FN3O2S.C6H14O.2C2H6/c1-10-5-6-13(12(17)7-10)18-15-11(2)16(21)20(9-22-3)8-14(15)19-23-4;1-2-3-4-5-6-7;2*1-2/h5-8,18-19H,9H2,1-4H3;7H,2-6H2,1H3;2*1-2H3. The lowest BCUT2D eigenvalue weighted by molar-refractivity contribution is 0.128. The number of ether oxygens (including phenoxy) is 1. The highest BCUT2D eigenvalue weighted by atomic mass is 32.2. The van der Waals surface area contributed by atoms with Crippen molar-refractivity contribution in [1.82, 2.24) is 4.57 Å². The molecular weight excluding hydrogens is 453 g/mol. The van der Waals surface area contributed by atoms with E-state index in [1.807, 2.05) is 46.9 Å². The topological polar surface area (TPSA) is 75.5 Å². The summed E-state index contributed by atoms with van der Waals surface area (Å²) >= 11 is 1.39. The van der Waals surface area contributed by atoms with Gasteiger partial charge in [0.2, 0.25) is 0 Å². The highest BCUT2D eigenvalue weighted by molar-refractivity contribution is 7.99. The summed E-state index contributed by atoms with van der Waals surface area (Å²) in [7, 11) is 1.53. The Morgan fingerprint density at radius 3 is 2.24 bits per heavy atom. The highest BCUT2D eigenvalue weighted by Crippen LogP contribution is 2.30. The fraction of sp³-hybridized carbons (Fsp3) is 0.577. The number of hydrogen-bond donors (Lipinski definition) is 3. The van der Waals surface area contributed by atoms with Crippen LogP contribution in [0.1, 0.15) is 71.4 Å². The molecule has 0 unspecified atom stereocenters. The Balaban J connectivity index is 0. The minimum absolute atomic E-state index is 0.155.